The van der Waals surface area contributed by atoms with E-state index in [4.69, 9.17) is 4.74 Å². The van der Waals surface area contributed by atoms with E-state index in [1.54, 1.807) is 17.9 Å². The Morgan fingerprint density at radius 3 is 2.64 bits per heavy atom. The molecule has 1 saturated heterocycles. The van der Waals surface area contributed by atoms with Crippen LogP contribution in [0.15, 0.2) is 22.7 Å². The van der Waals surface area contributed by atoms with E-state index in [1.165, 1.54) is 12.1 Å². The average molecular weight is 373 g/mol. The van der Waals surface area contributed by atoms with E-state index < -0.39 is 5.82 Å². The summed E-state index contributed by atoms with van der Waals surface area (Å²) in [4.78, 5) is 25.4. The highest BCUT2D eigenvalue weighted by atomic mass is 79.9. The van der Waals surface area contributed by atoms with Crippen molar-refractivity contribution in [2.45, 2.75) is 25.8 Å². The SMILES string of the molecule is CCOC(=O)N1CCC(NC(=O)c2cc(F)cc(Br)c2)CC1. The van der Waals surface area contributed by atoms with Gasteiger partial charge in [-0.3, -0.25) is 4.79 Å². The number of nitrogens with one attached hydrogen (secondary N) is 1. The predicted molar refractivity (Wildman–Crippen MR) is 83.2 cm³/mol. The molecule has 1 aliphatic heterocycles. The molecular formula is C15H18BrFN2O3. The van der Waals surface area contributed by atoms with Crippen molar-refractivity contribution in [1.82, 2.24) is 10.2 Å². The lowest BCUT2D eigenvalue weighted by Gasteiger charge is -2.31. The maximum Gasteiger partial charge on any atom is 0.409 e. The zero-order chi connectivity index (χ0) is 16.1. The van der Waals surface area contributed by atoms with Crippen LogP contribution < -0.4 is 5.32 Å². The van der Waals surface area contributed by atoms with Crippen LogP contribution in [-0.2, 0) is 4.74 Å². The van der Waals surface area contributed by atoms with Crippen molar-refractivity contribution in [1.29, 1.82) is 0 Å². The van der Waals surface area contributed by atoms with Gasteiger partial charge in [0, 0.05) is 29.2 Å². The minimum atomic E-state index is -0.461. The third-order valence-electron chi connectivity index (χ3n) is 3.48. The fourth-order valence-corrected chi connectivity index (χ4v) is 2.84. The Bertz CT molecular complexity index is 539. The van der Waals surface area contributed by atoms with Gasteiger partial charge in [0.15, 0.2) is 0 Å². The molecule has 0 aromatic heterocycles. The van der Waals surface area contributed by atoms with Gasteiger partial charge in [0.1, 0.15) is 5.82 Å². The van der Waals surface area contributed by atoms with Crippen LogP contribution in [0.1, 0.15) is 30.1 Å². The third kappa shape index (κ3) is 4.43. The van der Waals surface area contributed by atoms with E-state index in [9.17, 15) is 14.0 Å². The first-order valence-electron chi connectivity index (χ1n) is 7.18. The predicted octanol–water partition coefficient (Wildman–Crippen LogP) is 2.94. The summed E-state index contributed by atoms with van der Waals surface area (Å²) in [5.74, 6) is -0.772. The largest absolute Gasteiger partial charge is 0.450 e. The molecule has 0 bridgehead atoms. The fraction of sp³-hybridized carbons (Fsp3) is 0.467. The number of halogens is 2. The number of piperidine rings is 1. The number of likely N-dealkylation sites (tertiary alicyclic amines) is 1. The van der Waals surface area contributed by atoms with Crippen LogP contribution in [0.4, 0.5) is 9.18 Å². The molecule has 2 rings (SSSR count). The molecule has 0 aliphatic carbocycles. The lowest BCUT2D eigenvalue weighted by molar-refractivity contribution is 0.0859. The number of nitrogens with zero attached hydrogens (tertiary/aromatic N) is 1. The maximum atomic E-state index is 13.3. The van der Waals surface area contributed by atoms with Gasteiger partial charge in [-0.15, -0.1) is 0 Å². The molecule has 22 heavy (non-hydrogen) atoms. The van der Waals surface area contributed by atoms with Crippen LogP contribution in [0, 0.1) is 5.82 Å². The number of rotatable bonds is 3. The number of benzene rings is 1. The molecule has 1 aliphatic rings. The van der Waals surface area contributed by atoms with Gasteiger partial charge in [0.2, 0.25) is 0 Å². The van der Waals surface area contributed by atoms with Crippen molar-refractivity contribution in [3.63, 3.8) is 0 Å². The summed E-state index contributed by atoms with van der Waals surface area (Å²) >= 11 is 3.17. The Morgan fingerprint density at radius 1 is 1.36 bits per heavy atom. The Kier molecular flexibility index (Phi) is 5.76. The molecule has 1 heterocycles. The number of ether oxygens (including phenoxy) is 1. The van der Waals surface area contributed by atoms with E-state index in [1.807, 2.05) is 0 Å². The van der Waals surface area contributed by atoms with Crippen molar-refractivity contribution in [3.8, 4) is 0 Å². The lowest BCUT2D eigenvalue weighted by atomic mass is 10.0. The van der Waals surface area contributed by atoms with E-state index in [0.29, 0.717) is 37.0 Å². The molecule has 0 unspecified atom stereocenters. The molecule has 5 nitrogen and oxygen atoms in total. The molecule has 1 aromatic rings. The van der Waals surface area contributed by atoms with Crippen molar-refractivity contribution < 1.29 is 18.7 Å². The molecule has 0 radical (unpaired) electrons. The minimum Gasteiger partial charge on any atom is -0.450 e. The second kappa shape index (κ2) is 7.58. The fourth-order valence-electron chi connectivity index (χ4n) is 2.37. The third-order valence-corrected chi connectivity index (χ3v) is 3.94. The van der Waals surface area contributed by atoms with E-state index in [-0.39, 0.29) is 23.6 Å². The van der Waals surface area contributed by atoms with Gasteiger partial charge < -0.3 is 15.0 Å². The second-order valence-electron chi connectivity index (χ2n) is 5.09. The van der Waals surface area contributed by atoms with Crippen molar-refractivity contribution in [2.75, 3.05) is 19.7 Å². The number of carbonyl (C=O) groups excluding carboxylic acids is 2. The van der Waals surface area contributed by atoms with E-state index >= 15 is 0 Å². The maximum absolute atomic E-state index is 13.3. The number of hydrogen-bond acceptors (Lipinski definition) is 3. The summed E-state index contributed by atoms with van der Waals surface area (Å²) in [5.41, 5.74) is 0.277. The first-order valence-corrected chi connectivity index (χ1v) is 7.97. The minimum absolute atomic E-state index is 0.0276. The summed E-state index contributed by atoms with van der Waals surface area (Å²) in [7, 11) is 0. The van der Waals surface area contributed by atoms with Crippen LogP contribution in [-0.4, -0.2) is 42.6 Å². The Balaban J connectivity index is 1.88. The standard InChI is InChI=1S/C15H18BrFN2O3/c1-2-22-15(21)19-5-3-13(4-6-19)18-14(20)10-7-11(16)9-12(17)8-10/h7-9,13H,2-6H2,1H3,(H,18,20). The molecular weight excluding hydrogens is 355 g/mol. The zero-order valence-electron chi connectivity index (χ0n) is 12.3. The number of amides is 2. The first kappa shape index (κ1) is 16.7. The summed E-state index contributed by atoms with van der Waals surface area (Å²) in [6.45, 7) is 3.19. The number of carbonyl (C=O) groups is 2. The van der Waals surface area contributed by atoms with Crippen LogP contribution >= 0.6 is 15.9 Å². The topological polar surface area (TPSA) is 58.6 Å². The average Bonchev–Trinajstić information content (AvgIpc) is 2.47. The summed E-state index contributed by atoms with van der Waals surface area (Å²) in [6, 6.07) is 4.05. The Hall–Kier alpha value is -1.63. The van der Waals surface area contributed by atoms with Gasteiger partial charge >= 0.3 is 6.09 Å². The van der Waals surface area contributed by atoms with Crippen LogP contribution in [0.3, 0.4) is 0 Å². The van der Waals surface area contributed by atoms with Crippen molar-refractivity contribution in [2.24, 2.45) is 0 Å². The number of hydrogen-bond donors (Lipinski definition) is 1. The van der Waals surface area contributed by atoms with Gasteiger partial charge in [-0.05, 0) is 38.0 Å². The van der Waals surface area contributed by atoms with Gasteiger partial charge in [-0.25, -0.2) is 9.18 Å². The molecule has 7 heteroatoms. The van der Waals surface area contributed by atoms with Crippen LogP contribution in [0.25, 0.3) is 0 Å². The summed E-state index contributed by atoms with van der Waals surface area (Å²) < 4.78 is 18.8. The van der Waals surface area contributed by atoms with Gasteiger partial charge in [0.05, 0.1) is 6.61 Å². The van der Waals surface area contributed by atoms with Crippen LogP contribution in [0.2, 0.25) is 0 Å². The molecule has 0 saturated carbocycles. The molecule has 120 valence electrons. The van der Waals surface area contributed by atoms with Gasteiger partial charge in [-0.2, -0.15) is 0 Å². The molecule has 1 N–H and O–H groups in total. The van der Waals surface area contributed by atoms with Crippen molar-refractivity contribution >= 4 is 27.9 Å². The Labute approximate surface area is 136 Å². The summed E-state index contributed by atoms with van der Waals surface area (Å²) in [5, 5.41) is 2.88. The zero-order valence-corrected chi connectivity index (χ0v) is 13.9. The molecule has 1 fully saturated rings. The monoisotopic (exact) mass is 372 g/mol. The second-order valence-corrected chi connectivity index (χ2v) is 6.01. The van der Waals surface area contributed by atoms with E-state index in [2.05, 4.69) is 21.2 Å². The summed E-state index contributed by atoms with van der Waals surface area (Å²) in [6.07, 6.45) is 0.989. The first-order chi connectivity index (χ1) is 10.5. The van der Waals surface area contributed by atoms with E-state index in [0.717, 1.165) is 0 Å². The highest BCUT2D eigenvalue weighted by Gasteiger charge is 2.24. The van der Waals surface area contributed by atoms with Crippen LogP contribution in [0.5, 0.6) is 0 Å². The van der Waals surface area contributed by atoms with Gasteiger partial charge in [0.25, 0.3) is 5.91 Å². The Morgan fingerprint density at radius 2 is 2.05 bits per heavy atom. The lowest BCUT2D eigenvalue weighted by Crippen LogP contribution is -2.46. The molecule has 2 amide bonds. The molecule has 1 aromatic carbocycles. The van der Waals surface area contributed by atoms with Crippen molar-refractivity contribution in [3.05, 3.63) is 34.1 Å². The normalized spacial score (nSPS) is 15.5. The highest BCUT2D eigenvalue weighted by Crippen LogP contribution is 2.16. The highest BCUT2D eigenvalue weighted by molar-refractivity contribution is 9.10. The van der Waals surface area contributed by atoms with Gasteiger partial charge in [-0.1, -0.05) is 15.9 Å². The molecule has 0 spiro atoms. The smallest absolute Gasteiger partial charge is 0.409 e. The molecule has 0 atom stereocenters. The quantitative estimate of drug-likeness (QED) is 0.887.